The standard InChI is InChI=1S/C18H16N2O6/c21-10-6-13(24)15-14(7-10)26-18(9-1-2-11(22)12(23)5-9)16(17(15)25)20-4-3-19-8-20/h1-8,16-18,21-25H. The van der Waals surface area contributed by atoms with Crippen LogP contribution in [-0.4, -0.2) is 35.1 Å². The van der Waals surface area contributed by atoms with E-state index in [-0.39, 0.29) is 34.3 Å². The van der Waals surface area contributed by atoms with Gasteiger partial charge in [-0.25, -0.2) is 4.98 Å². The Bertz CT molecular complexity index is 957. The van der Waals surface area contributed by atoms with Gasteiger partial charge in [0.15, 0.2) is 11.5 Å². The molecule has 134 valence electrons. The molecule has 0 saturated heterocycles. The van der Waals surface area contributed by atoms with E-state index in [1.807, 2.05) is 0 Å². The van der Waals surface area contributed by atoms with Crippen LogP contribution >= 0.6 is 0 Å². The number of rotatable bonds is 2. The first kappa shape index (κ1) is 16.1. The van der Waals surface area contributed by atoms with Gasteiger partial charge < -0.3 is 34.8 Å². The van der Waals surface area contributed by atoms with Gasteiger partial charge in [0.25, 0.3) is 0 Å². The Balaban J connectivity index is 1.88. The van der Waals surface area contributed by atoms with Crippen LogP contribution in [0.5, 0.6) is 28.7 Å². The average molecular weight is 356 g/mol. The summed E-state index contributed by atoms with van der Waals surface area (Å²) in [5.41, 5.74) is 0.646. The van der Waals surface area contributed by atoms with Crippen molar-refractivity contribution in [2.75, 3.05) is 0 Å². The molecule has 3 unspecified atom stereocenters. The Labute approximate surface area is 147 Å². The van der Waals surface area contributed by atoms with E-state index < -0.39 is 18.2 Å². The minimum atomic E-state index is -1.17. The summed E-state index contributed by atoms with van der Waals surface area (Å²) in [6.07, 6.45) is 2.75. The van der Waals surface area contributed by atoms with Gasteiger partial charge in [0.2, 0.25) is 0 Å². The van der Waals surface area contributed by atoms with Crippen molar-refractivity contribution >= 4 is 0 Å². The first-order valence-electron chi connectivity index (χ1n) is 7.85. The van der Waals surface area contributed by atoms with Gasteiger partial charge in [-0.15, -0.1) is 0 Å². The Morgan fingerprint density at radius 1 is 0.962 bits per heavy atom. The molecule has 0 radical (unpaired) electrons. The smallest absolute Gasteiger partial charge is 0.157 e. The molecule has 2 aromatic carbocycles. The van der Waals surface area contributed by atoms with Gasteiger partial charge in [-0.05, 0) is 17.7 Å². The molecule has 8 heteroatoms. The van der Waals surface area contributed by atoms with Crippen LogP contribution in [0.3, 0.4) is 0 Å². The summed E-state index contributed by atoms with van der Waals surface area (Å²) in [5, 5.41) is 50.2. The van der Waals surface area contributed by atoms with Gasteiger partial charge in [0.05, 0.1) is 11.9 Å². The Morgan fingerprint density at radius 2 is 1.77 bits per heavy atom. The number of benzene rings is 2. The minimum Gasteiger partial charge on any atom is -0.508 e. The second-order valence-electron chi connectivity index (χ2n) is 6.11. The number of phenolic OH excluding ortho intramolecular Hbond substituents is 4. The fraction of sp³-hybridized carbons (Fsp3) is 0.167. The van der Waals surface area contributed by atoms with E-state index in [2.05, 4.69) is 4.98 Å². The lowest BCUT2D eigenvalue weighted by Crippen LogP contribution is -2.31. The fourth-order valence-electron chi connectivity index (χ4n) is 3.28. The number of ether oxygens (including phenoxy) is 1. The molecule has 3 atom stereocenters. The number of hydrogen-bond acceptors (Lipinski definition) is 7. The predicted molar refractivity (Wildman–Crippen MR) is 89.1 cm³/mol. The van der Waals surface area contributed by atoms with Crippen LogP contribution in [0.2, 0.25) is 0 Å². The lowest BCUT2D eigenvalue weighted by atomic mass is 9.89. The number of phenols is 4. The molecule has 8 nitrogen and oxygen atoms in total. The van der Waals surface area contributed by atoms with Crippen LogP contribution in [0.15, 0.2) is 49.1 Å². The lowest BCUT2D eigenvalue weighted by molar-refractivity contribution is 0.00364. The Morgan fingerprint density at radius 3 is 2.46 bits per heavy atom. The number of aliphatic hydroxyl groups is 1. The summed E-state index contributed by atoms with van der Waals surface area (Å²) in [7, 11) is 0. The first-order valence-corrected chi connectivity index (χ1v) is 7.85. The van der Waals surface area contributed by atoms with Crippen LogP contribution < -0.4 is 4.74 Å². The normalized spacial score (nSPS) is 21.8. The number of fused-ring (bicyclic) bond motifs is 1. The molecule has 0 spiro atoms. The van der Waals surface area contributed by atoms with Crippen molar-refractivity contribution < 1.29 is 30.3 Å². The van der Waals surface area contributed by atoms with E-state index in [0.717, 1.165) is 6.07 Å². The summed E-state index contributed by atoms with van der Waals surface area (Å²) in [6.45, 7) is 0. The van der Waals surface area contributed by atoms with Gasteiger partial charge in [0.1, 0.15) is 35.5 Å². The maximum absolute atomic E-state index is 10.9. The topological polar surface area (TPSA) is 128 Å². The van der Waals surface area contributed by atoms with Gasteiger partial charge in [-0.3, -0.25) is 0 Å². The molecule has 5 N–H and O–H groups in total. The minimum absolute atomic E-state index is 0.129. The third-order valence-corrected chi connectivity index (χ3v) is 4.49. The van der Waals surface area contributed by atoms with Crippen LogP contribution in [0.25, 0.3) is 0 Å². The van der Waals surface area contributed by atoms with Crippen molar-refractivity contribution in [2.45, 2.75) is 18.2 Å². The van der Waals surface area contributed by atoms with Crippen molar-refractivity contribution in [3.8, 4) is 28.7 Å². The number of nitrogens with zero attached hydrogens (tertiary/aromatic N) is 2. The molecule has 0 fully saturated rings. The lowest BCUT2D eigenvalue weighted by Gasteiger charge is -2.38. The molecular weight excluding hydrogens is 340 g/mol. The monoisotopic (exact) mass is 356 g/mol. The van der Waals surface area contributed by atoms with Crippen molar-refractivity contribution in [3.63, 3.8) is 0 Å². The third kappa shape index (κ3) is 2.47. The van der Waals surface area contributed by atoms with Crippen molar-refractivity contribution in [1.82, 2.24) is 9.55 Å². The SMILES string of the molecule is Oc1cc(O)c2c(c1)OC(c1ccc(O)c(O)c1)C(n1ccnc1)C2O. The quantitative estimate of drug-likeness (QED) is 0.445. The van der Waals surface area contributed by atoms with E-state index in [1.165, 1.54) is 24.5 Å². The van der Waals surface area contributed by atoms with Crippen LogP contribution in [0, 0.1) is 0 Å². The van der Waals surface area contributed by atoms with E-state index >= 15 is 0 Å². The van der Waals surface area contributed by atoms with Gasteiger partial charge in [-0.1, -0.05) is 6.07 Å². The largest absolute Gasteiger partial charge is 0.508 e. The molecular formula is C18H16N2O6. The molecule has 4 rings (SSSR count). The highest BCUT2D eigenvalue weighted by Crippen LogP contribution is 2.52. The molecule has 2 heterocycles. The fourth-order valence-corrected chi connectivity index (χ4v) is 3.28. The summed E-state index contributed by atoms with van der Waals surface area (Å²) in [5.74, 6) is -0.968. The number of aromatic hydroxyl groups is 4. The summed E-state index contributed by atoms with van der Waals surface area (Å²) < 4.78 is 7.59. The first-order chi connectivity index (χ1) is 12.5. The zero-order valence-electron chi connectivity index (χ0n) is 13.4. The summed E-state index contributed by atoms with van der Waals surface area (Å²) >= 11 is 0. The van der Waals surface area contributed by atoms with Crippen molar-refractivity contribution in [3.05, 3.63) is 60.2 Å². The molecule has 1 aliphatic rings. The molecule has 0 saturated carbocycles. The maximum atomic E-state index is 10.9. The van der Waals surface area contributed by atoms with Crippen molar-refractivity contribution in [2.24, 2.45) is 0 Å². The highest BCUT2D eigenvalue weighted by atomic mass is 16.5. The number of imidazole rings is 1. The molecule has 0 bridgehead atoms. The number of aliphatic hydroxyl groups excluding tert-OH is 1. The van der Waals surface area contributed by atoms with E-state index in [4.69, 9.17) is 4.74 Å². The van der Waals surface area contributed by atoms with Crippen LogP contribution in [0.4, 0.5) is 0 Å². The van der Waals surface area contributed by atoms with E-state index in [0.29, 0.717) is 5.56 Å². The molecule has 3 aromatic rings. The molecule has 1 aliphatic heterocycles. The highest BCUT2D eigenvalue weighted by molar-refractivity contribution is 5.53. The average Bonchev–Trinajstić information content (AvgIpc) is 3.10. The molecule has 0 aliphatic carbocycles. The zero-order valence-corrected chi connectivity index (χ0v) is 13.4. The maximum Gasteiger partial charge on any atom is 0.157 e. The number of hydrogen-bond donors (Lipinski definition) is 5. The predicted octanol–water partition coefficient (Wildman–Crippen LogP) is 2.11. The van der Waals surface area contributed by atoms with E-state index in [1.54, 1.807) is 23.0 Å². The Hall–Kier alpha value is -3.39. The molecule has 1 aromatic heterocycles. The third-order valence-electron chi connectivity index (χ3n) is 4.49. The van der Waals surface area contributed by atoms with Crippen LogP contribution in [0.1, 0.15) is 29.4 Å². The summed E-state index contributed by atoms with van der Waals surface area (Å²) in [6, 6.07) is 5.94. The second-order valence-corrected chi connectivity index (χ2v) is 6.11. The van der Waals surface area contributed by atoms with Gasteiger partial charge >= 0.3 is 0 Å². The van der Waals surface area contributed by atoms with Gasteiger partial charge in [0, 0.05) is 24.5 Å². The second kappa shape index (κ2) is 5.85. The zero-order chi connectivity index (χ0) is 18.4. The molecule has 26 heavy (non-hydrogen) atoms. The highest BCUT2D eigenvalue weighted by Gasteiger charge is 2.41. The summed E-state index contributed by atoms with van der Waals surface area (Å²) in [4.78, 5) is 3.99. The van der Waals surface area contributed by atoms with Crippen molar-refractivity contribution in [1.29, 1.82) is 0 Å². The van der Waals surface area contributed by atoms with Crippen LogP contribution in [-0.2, 0) is 0 Å². The molecule has 0 amide bonds. The van der Waals surface area contributed by atoms with Gasteiger partial charge in [-0.2, -0.15) is 0 Å². The Kier molecular flexibility index (Phi) is 3.62. The number of aromatic nitrogens is 2. The van der Waals surface area contributed by atoms with E-state index in [9.17, 15) is 25.5 Å².